The van der Waals surface area contributed by atoms with E-state index in [1.165, 1.54) is 0 Å². The zero-order valence-corrected chi connectivity index (χ0v) is 10.2. The number of halogens is 3. The number of carbonyl (C=O) groups excluding carboxylic acids is 1. The van der Waals surface area contributed by atoms with Crippen LogP contribution in [0.15, 0.2) is 10.5 Å². The van der Waals surface area contributed by atoms with Gasteiger partial charge in [-0.25, -0.2) is 0 Å². The van der Waals surface area contributed by atoms with Crippen molar-refractivity contribution in [1.82, 2.24) is 0 Å². The van der Waals surface area contributed by atoms with E-state index in [4.69, 9.17) is 27.9 Å². The third-order valence-corrected chi connectivity index (χ3v) is 3.56. The molecule has 1 aliphatic heterocycles. The summed E-state index contributed by atoms with van der Waals surface area (Å²) in [4.78, 5) is 11.6. The lowest BCUT2D eigenvalue weighted by Crippen LogP contribution is -2.14. The lowest BCUT2D eigenvalue weighted by atomic mass is 10.1. The second-order valence-electron chi connectivity index (χ2n) is 2.98. The van der Waals surface area contributed by atoms with E-state index in [0.29, 0.717) is 25.8 Å². The smallest absolute Gasteiger partial charge is 0.208 e. The molecule has 0 aromatic heterocycles. The molecule has 0 amide bonds. The first-order valence-electron chi connectivity index (χ1n) is 3.90. The second-order valence-corrected chi connectivity index (χ2v) is 4.62. The van der Waals surface area contributed by atoms with Gasteiger partial charge < -0.3 is 4.74 Å². The topological polar surface area (TPSA) is 26.3 Å². The van der Waals surface area contributed by atoms with E-state index < -0.39 is 6.10 Å². The highest BCUT2D eigenvalue weighted by Gasteiger charge is 2.34. The van der Waals surface area contributed by atoms with Crippen molar-refractivity contribution >= 4 is 44.9 Å². The van der Waals surface area contributed by atoms with Crippen LogP contribution in [0.4, 0.5) is 0 Å². The van der Waals surface area contributed by atoms with Crippen LogP contribution in [0, 0.1) is 0 Å². The van der Waals surface area contributed by atoms with Gasteiger partial charge in [0.2, 0.25) is 5.78 Å². The maximum atomic E-state index is 11.6. The molecule has 5 heteroatoms. The first kappa shape index (κ1) is 10.3. The zero-order chi connectivity index (χ0) is 10.5. The van der Waals surface area contributed by atoms with Crippen LogP contribution in [0.5, 0.6) is 5.75 Å². The molecule has 1 atom stereocenters. The Balaban J connectivity index is 2.74. The molecule has 1 unspecified atom stereocenters. The van der Waals surface area contributed by atoms with Gasteiger partial charge in [0, 0.05) is 4.47 Å². The van der Waals surface area contributed by atoms with Crippen molar-refractivity contribution in [3.05, 3.63) is 26.1 Å². The Kier molecular flexibility index (Phi) is 2.50. The summed E-state index contributed by atoms with van der Waals surface area (Å²) >= 11 is 15.1. The number of ketones is 1. The zero-order valence-electron chi connectivity index (χ0n) is 7.11. The molecule has 0 N–H and O–H groups in total. The van der Waals surface area contributed by atoms with Crippen LogP contribution in [0.1, 0.15) is 17.3 Å². The van der Waals surface area contributed by atoms with Crippen molar-refractivity contribution in [3.8, 4) is 5.75 Å². The summed E-state index contributed by atoms with van der Waals surface area (Å²) in [6.45, 7) is 1.67. The van der Waals surface area contributed by atoms with E-state index in [1.54, 1.807) is 13.0 Å². The van der Waals surface area contributed by atoms with Crippen LogP contribution in [-0.2, 0) is 0 Å². The highest BCUT2D eigenvalue weighted by atomic mass is 79.9. The molecule has 0 fully saturated rings. The van der Waals surface area contributed by atoms with E-state index in [9.17, 15) is 4.79 Å². The number of Topliss-reactive ketones (excluding diaryl/α,β-unsaturated/α-hetero) is 1. The minimum Gasteiger partial charge on any atom is -0.480 e. The summed E-state index contributed by atoms with van der Waals surface area (Å²) in [6, 6.07) is 1.62. The van der Waals surface area contributed by atoms with Crippen LogP contribution < -0.4 is 4.74 Å². The normalized spacial score (nSPS) is 19.4. The summed E-state index contributed by atoms with van der Waals surface area (Å²) < 4.78 is 5.90. The predicted octanol–water partition coefficient (Wildman–Crippen LogP) is 3.72. The molecular formula is C9H5BrCl2O2. The van der Waals surface area contributed by atoms with Gasteiger partial charge in [0.1, 0.15) is 0 Å². The Morgan fingerprint density at radius 3 is 2.79 bits per heavy atom. The number of ether oxygens (including phenoxy) is 1. The first-order valence-corrected chi connectivity index (χ1v) is 5.45. The molecule has 14 heavy (non-hydrogen) atoms. The van der Waals surface area contributed by atoms with Crippen molar-refractivity contribution in [1.29, 1.82) is 0 Å². The highest BCUT2D eigenvalue weighted by Crippen LogP contribution is 2.43. The van der Waals surface area contributed by atoms with E-state index >= 15 is 0 Å². The largest absolute Gasteiger partial charge is 0.480 e. The number of carbonyl (C=O) groups is 1. The predicted molar refractivity (Wildman–Crippen MR) is 58.6 cm³/mol. The number of hydrogen-bond acceptors (Lipinski definition) is 2. The summed E-state index contributed by atoms with van der Waals surface area (Å²) in [7, 11) is 0. The third-order valence-electron chi connectivity index (χ3n) is 2.04. The summed E-state index contributed by atoms with van der Waals surface area (Å²) in [5.74, 6) is 0.255. The van der Waals surface area contributed by atoms with E-state index in [0.717, 1.165) is 0 Å². The van der Waals surface area contributed by atoms with Gasteiger partial charge in [0.25, 0.3) is 0 Å². The van der Waals surface area contributed by atoms with Crippen LogP contribution in [0.2, 0.25) is 10.0 Å². The van der Waals surface area contributed by atoms with Crippen molar-refractivity contribution < 1.29 is 9.53 Å². The molecule has 0 bridgehead atoms. The Bertz CT molecular complexity index is 431. The summed E-state index contributed by atoms with van der Waals surface area (Å²) in [6.07, 6.45) is -0.505. The molecule has 1 aromatic carbocycles. The fourth-order valence-electron chi connectivity index (χ4n) is 1.35. The van der Waals surface area contributed by atoms with Crippen molar-refractivity contribution in [2.75, 3.05) is 0 Å². The minimum absolute atomic E-state index is 0.131. The maximum absolute atomic E-state index is 11.6. The molecule has 0 spiro atoms. The molecule has 74 valence electrons. The van der Waals surface area contributed by atoms with Gasteiger partial charge in [0.05, 0.1) is 15.6 Å². The van der Waals surface area contributed by atoms with Gasteiger partial charge in [-0.1, -0.05) is 23.2 Å². The van der Waals surface area contributed by atoms with Gasteiger partial charge in [0.15, 0.2) is 11.9 Å². The maximum Gasteiger partial charge on any atom is 0.208 e. The van der Waals surface area contributed by atoms with Gasteiger partial charge in [-0.15, -0.1) is 0 Å². The van der Waals surface area contributed by atoms with E-state index in [1.807, 2.05) is 0 Å². The molecule has 0 saturated carbocycles. The fourth-order valence-corrected chi connectivity index (χ4v) is 2.39. The van der Waals surface area contributed by atoms with Crippen LogP contribution in [0.25, 0.3) is 0 Å². The van der Waals surface area contributed by atoms with Gasteiger partial charge in [-0.3, -0.25) is 4.79 Å². The van der Waals surface area contributed by atoms with Crippen molar-refractivity contribution in [2.24, 2.45) is 0 Å². The molecule has 2 rings (SSSR count). The Labute approximate surface area is 99.3 Å². The van der Waals surface area contributed by atoms with Crippen LogP contribution in [-0.4, -0.2) is 11.9 Å². The van der Waals surface area contributed by atoms with Crippen molar-refractivity contribution in [2.45, 2.75) is 13.0 Å². The quantitative estimate of drug-likeness (QED) is 0.682. The molecule has 1 aliphatic rings. The average molecular weight is 296 g/mol. The lowest BCUT2D eigenvalue weighted by molar-refractivity contribution is 0.0879. The molecule has 0 radical (unpaired) electrons. The Hall–Kier alpha value is -0.250. The number of rotatable bonds is 0. The van der Waals surface area contributed by atoms with Crippen LogP contribution >= 0.6 is 39.1 Å². The van der Waals surface area contributed by atoms with E-state index in [2.05, 4.69) is 15.9 Å². The van der Waals surface area contributed by atoms with Crippen LogP contribution in [0.3, 0.4) is 0 Å². The molecule has 1 heterocycles. The second kappa shape index (κ2) is 3.40. The molecule has 1 aromatic rings. The lowest BCUT2D eigenvalue weighted by Gasteiger charge is -2.04. The molecular weight excluding hydrogens is 291 g/mol. The van der Waals surface area contributed by atoms with Gasteiger partial charge in [-0.05, 0) is 28.9 Å². The van der Waals surface area contributed by atoms with Crippen molar-refractivity contribution in [3.63, 3.8) is 0 Å². The minimum atomic E-state index is -0.505. The van der Waals surface area contributed by atoms with Gasteiger partial charge >= 0.3 is 0 Å². The fraction of sp³-hybridized carbons (Fsp3) is 0.222. The van der Waals surface area contributed by atoms with Gasteiger partial charge in [-0.2, -0.15) is 0 Å². The highest BCUT2D eigenvalue weighted by molar-refractivity contribution is 9.10. The molecule has 2 nitrogen and oxygen atoms in total. The average Bonchev–Trinajstić information content (AvgIpc) is 2.41. The molecule has 0 saturated heterocycles. The number of benzene rings is 1. The summed E-state index contributed by atoms with van der Waals surface area (Å²) in [5, 5.41) is 0.757. The first-order chi connectivity index (χ1) is 6.52. The number of fused-ring (bicyclic) bond motifs is 1. The Morgan fingerprint density at radius 1 is 1.50 bits per heavy atom. The van der Waals surface area contributed by atoms with E-state index in [-0.39, 0.29) is 5.78 Å². The standard InChI is InChI=1S/C9H5BrCl2O2/c1-3-8(13)6-7(12)4(10)2-5(11)9(6)14-3/h2-3H,1H3. The molecule has 0 aliphatic carbocycles. The SMILES string of the molecule is CC1Oc2c(Cl)cc(Br)c(Cl)c2C1=O. The third kappa shape index (κ3) is 1.35. The monoisotopic (exact) mass is 294 g/mol. The summed E-state index contributed by atoms with van der Waals surface area (Å²) in [5.41, 5.74) is 0.374. The Morgan fingerprint density at radius 2 is 2.14 bits per heavy atom. The number of hydrogen-bond donors (Lipinski definition) is 0.